The van der Waals surface area contributed by atoms with Crippen molar-refractivity contribution in [1.29, 1.82) is 0 Å². The molecule has 3 aromatic rings. The highest BCUT2D eigenvalue weighted by Gasteiger charge is 2.38. The van der Waals surface area contributed by atoms with Gasteiger partial charge in [-0.2, -0.15) is 18.3 Å². The quantitative estimate of drug-likeness (QED) is 0.463. The number of amides is 1. The SMILES string of the molecule is O=C(NCC(c1ccccc1)C1CCNCC1)c1cccc2[nH]ncc12.O=C(O)C(F)(F)F. The highest BCUT2D eigenvalue weighted by atomic mass is 19.4. The van der Waals surface area contributed by atoms with E-state index in [1.165, 1.54) is 5.56 Å². The molecule has 1 aliphatic heterocycles. The van der Waals surface area contributed by atoms with E-state index in [2.05, 4.69) is 45.1 Å². The summed E-state index contributed by atoms with van der Waals surface area (Å²) in [6.45, 7) is 2.76. The van der Waals surface area contributed by atoms with Gasteiger partial charge in [-0.15, -0.1) is 0 Å². The van der Waals surface area contributed by atoms with Gasteiger partial charge in [0, 0.05) is 17.8 Å². The second-order valence-electron chi connectivity index (χ2n) is 7.75. The number of rotatable bonds is 5. The summed E-state index contributed by atoms with van der Waals surface area (Å²) in [7, 11) is 0. The number of piperidine rings is 1. The monoisotopic (exact) mass is 462 g/mol. The molecule has 1 saturated heterocycles. The number of hydrogen-bond donors (Lipinski definition) is 4. The van der Waals surface area contributed by atoms with Crippen molar-refractivity contribution in [2.45, 2.75) is 24.9 Å². The summed E-state index contributed by atoms with van der Waals surface area (Å²) in [5.74, 6) is -1.87. The fraction of sp³-hybridized carbons (Fsp3) is 0.348. The lowest BCUT2D eigenvalue weighted by atomic mass is 9.80. The number of aliphatic carboxylic acids is 1. The molecule has 0 saturated carbocycles. The molecule has 176 valence electrons. The Labute approximate surface area is 188 Å². The molecule has 0 bridgehead atoms. The first-order chi connectivity index (χ1) is 15.8. The Morgan fingerprint density at radius 3 is 2.39 bits per heavy atom. The number of aromatic nitrogens is 2. The van der Waals surface area contributed by atoms with Crippen molar-refractivity contribution < 1.29 is 27.9 Å². The van der Waals surface area contributed by atoms with E-state index in [1.807, 2.05) is 24.3 Å². The van der Waals surface area contributed by atoms with Crippen LogP contribution in [0.1, 0.15) is 34.7 Å². The highest BCUT2D eigenvalue weighted by molar-refractivity contribution is 6.06. The number of carboxylic acid groups (broad SMARTS) is 1. The van der Waals surface area contributed by atoms with Gasteiger partial charge in [0.2, 0.25) is 0 Å². The zero-order chi connectivity index (χ0) is 23.8. The summed E-state index contributed by atoms with van der Waals surface area (Å²) < 4.78 is 31.7. The van der Waals surface area contributed by atoms with Crippen LogP contribution in [0.15, 0.2) is 54.7 Å². The van der Waals surface area contributed by atoms with Crippen LogP contribution in [0.2, 0.25) is 0 Å². The normalized spacial score (nSPS) is 15.4. The topological polar surface area (TPSA) is 107 Å². The Kier molecular flexibility index (Phi) is 8.05. The van der Waals surface area contributed by atoms with E-state index < -0.39 is 12.1 Å². The van der Waals surface area contributed by atoms with Crippen LogP contribution in [0.25, 0.3) is 10.9 Å². The molecule has 0 aliphatic carbocycles. The molecular formula is C23H25F3N4O3. The molecule has 10 heteroatoms. The zero-order valence-corrected chi connectivity index (χ0v) is 17.7. The van der Waals surface area contributed by atoms with E-state index in [4.69, 9.17) is 9.90 Å². The summed E-state index contributed by atoms with van der Waals surface area (Å²) in [4.78, 5) is 21.7. The number of nitrogens with zero attached hydrogens (tertiary/aromatic N) is 1. The second-order valence-corrected chi connectivity index (χ2v) is 7.75. The molecule has 1 atom stereocenters. The van der Waals surface area contributed by atoms with Crippen LogP contribution >= 0.6 is 0 Å². The van der Waals surface area contributed by atoms with Crippen LogP contribution < -0.4 is 10.6 Å². The number of aromatic amines is 1. The fourth-order valence-electron chi connectivity index (χ4n) is 3.97. The first-order valence-corrected chi connectivity index (χ1v) is 10.5. The van der Waals surface area contributed by atoms with Crippen LogP contribution in [-0.2, 0) is 4.79 Å². The number of nitrogens with one attached hydrogen (secondary N) is 3. The van der Waals surface area contributed by atoms with Crippen molar-refractivity contribution in [3.05, 3.63) is 65.9 Å². The molecule has 1 amide bonds. The molecule has 4 N–H and O–H groups in total. The van der Waals surface area contributed by atoms with Gasteiger partial charge in [-0.3, -0.25) is 9.89 Å². The highest BCUT2D eigenvalue weighted by Crippen LogP contribution is 2.30. The van der Waals surface area contributed by atoms with Crippen molar-refractivity contribution in [1.82, 2.24) is 20.8 Å². The van der Waals surface area contributed by atoms with Gasteiger partial charge in [0.25, 0.3) is 5.91 Å². The molecule has 2 aromatic carbocycles. The largest absolute Gasteiger partial charge is 0.490 e. The van der Waals surface area contributed by atoms with E-state index in [-0.39, 0.29) is 5.91 Å². The van der Waals surface area contributed by atoms with E-state index >= 15 is 0 Å². The van der Waals surface area contributed by atoms with E-state index in [0.29, 0.717) is 23.9 Å². The van der Waals surface area contributed by atoms with E-state index in [0.717, 1.165) is 36.8 Å². The van der Waals surface area contributed by atoms with Gasteiger partial charge in [0.1, 0.15) is 0 Å². The van der Waals surface area contributed by atoms with E-state index in [9.17, 15) is 18.0 Å². The number of fused-ring (bicyclic) bond motifs is 1. The van der Waals surface area contributed by atoms with Gasteiger partial charge in [-0.05, 0) is 49.5 Å². The summed E-state index contributed by atoms with van der Waals surface area (Å²) in [6, 6.07) is 16.2. The number of hydrogen-bond acceptors (Lipinski definition) is 4. The first-order valence-electron chi connectivity index (χ1n) is 10.5. The van der Waals surface area contributed by atoms with Crippen LogP contribution in [-0.4, -0.2) is 53.0 Å². The second kappa shape index (κ2) is 11.0. The maximum atomic E-state index is 12.8. The Bertz CT molecular complexity index is 1060. The molecule has 1 aliphatic rings. The number of benzene rings is 2. The Hall–Kier alpha value is -3.40. The van der Waals surface area contributed by atoms with Gasteiger partial charge >= 0.3 is 12.1 Å². The zero-order valence-electron chi connectivity index (χ0n) is 17.7. The third-order valence-corrected chi connectivity index (χ3v) is 5.64. The lowest BCUT2D eigenvalue weighted by Crippen LogP contribution is -2.36. The molecule has 1 aromatic heterocycles. The number of halogens is 3. The van der Waals surface area contributed by atoms with Crippen LogP contribution in [0.4, 0.5) is 13.2 Å². The molecule has 0 radical (unpaired) electrons. The third-order valence-electron chi connectivity index (χ3n) is 5.64. The minimum absolute atomic E-state index is 0.0353. The molecule has 1 unspecified atom stereocenters. The summed E-state index contributed by atoms with van der Waals surface area (Å²) in [6.07, 6.45) is -1.08. The number of carboxylic acids is 1. The van der Waals surface area contributed by atoms with Gasteiger partial charge in [-0.25, -0.2) is 4.79 Å². The van der Waals surface area contributed by atoms with Crippen molar-refractivity contribution in [3.63, 3.8) is 0 Å². The number of carbonyl (C=O) groups is 2. The van der Waals surface area contributed by atoms with Crippen molar-refractivity contribution >= 4 is 22.8 Å². The van der Waals surface area contributed by atoms with Crippen LogP contribution in [0, 0.1) is 5.92 Å². The van der Waals surface area contributed by atoms with Gasteiger partial charge in [0.05, 0.1) is 17.3 Å². The fourth-order valence-corrected chi connectivity index (χ4v) is 3.97. The summed E-state index contributed by atoms with van der Waals surface area (Å²) in [5, 5.41) is 21.6. The average Bonchev–Trinajstić information content (AvgIpc) is 3.29. The summed E-state index contributed by atoms with van der Waals surface area (Å²) in [5.41, 5.74) is 2.87. The molecule has 0 spiro atoms. The van der Waals surface area contributed by atoms with Crippen molar-refractivity contribution in [3.8, 4) is 0 Å². The Balaban J connectivity index is 0.000000383. The average molecular weight is 462 g/mol. The predicted octanol–water partition coefficient (Wildman–Crippen LogP) is 3.71. The van der Waals surface area contributed by atoms with Gasteiger partial charge < -0.3 is 15.7 Å². The first kappa shape index (κ1) is 24.2. The third kappa shape index (κ3) is 6.55. The van der Waals surface area contributed by atoms with Crippen molar-refractivity contribution in [2.75, 3.05) is 19.6 Å². The predicted molar refractivity (Wildman–Crippen MR) is 117 cm³/mol. The Morgan fingerprint density at radius 2 is 1.76 bits per heavy atom. The Morgan fingerprint density at radius 1 is 1.09 bits per heavy atom. The smallest absolute Gasteiger partial charge is 0.475 e. The number of carbonyl (C=O) groups excluding carboxylic acids is 1. The lowest BCUT2D eigenvalue weighted by molar-refractivity contribution is -0.192. The summed E-state index contributed by atoms with van der Waals surface area (Å²) >= 11 is 0. The van der Waals surface area contributed by atoms with Gasteiger partial charge in [0.15, 0.2) is 0 Å². The molecule has 4 rings (SSSR count). The van der Waals surface area contributed by atoms with E-state index in [1.54, 1.807) is 6.20 Å². The van der Waals surface area contributed by atoms with Gasteiger partial charge in [-0.1, -0.05) is 36.4 Å². The molecule has 7 nitrogen and oxygen atoms in total. The standard InChI is InChI=1S/C21H24N4O.C2HF3O2/c26-21(17-7-4-8-20-19(17)14-24-25-20)23-13-18(15-5-2-1-3-6-15)16-9-11-22-12-10-16;3-2(4,5)1(6)7/h1-8,14,16,18,22H,9-13H2,(H,23,26)(H,24,25);(H,6,7). The molecule has 2 heterocycles. The molecule has 1 fully saturated rings. The van der Waals surface area contributed by atoms with Crippen LogP contribution in [0.5, 0.6) is 0 Å². The lowest BCUT2D eigenvalue weighted by Gasteiger charge is -2.31. The maximum Gasteiger partial charge on any atom is 0.490 e. The number of H-pyrrole nitrogens is 1. The maximum absolute atomic E-state index is 12.8. The minimum atomic E-state index is -5.08. The van der Waals surface area contributed by atoms with Crippen LogP contribution in [0.3, 0.4) is 0 Å². The molecular weight excluding hydrogens is 437 g/mol. The van der Waals surface area contributed by atoms with Crippen molar-refractivity contribution in [2.24, 2.45) is 5.92 Å². The minimum Gasteiger partial charge on any atom is -0.475 e. The number of alkyl halides is 3. The molecule has 33 heavy (non-hydrogen) atoms.